The van der Waals surface area contributed by atoms with Crippen molar-refractivity contribution in [2.45, 2.75) is 89.3 Å². The molecule has 0 radical (unpaired) electrons. The second-order valence-corrected chi connectivity index (χ2v) is 11.6. The third-order valence-electron chi connectivity index (χ3n) is 7.42. The molecule has 1 saturated heterocycles. The van der Waals surface area contributed by atoms with Crippen LogP contribution in [0.1, 0.15) is 82.9 Å². The zero-order chi connectivity index (χ0) is 26.6. The van der Waals surface area contributed by atoms with Crippen molar-refractivity contribution in [1.29, 1.82) is 5.26 Å². The Morgan fingerprint density at radius 3 is 2.43 bits per heavy atom. The summed E-state index contributed by atoms with van der Waals surface area (Å²) in [4.78, 5) is 35.5. The molecule has 196 valence electrons. The number of halogens is 1. The van der Waals surface area contributed by atoms with Gasteiger partial charge >= 0.3 is 0 Å². The molecule has 2 atom stereocenters. The molecular weight excluding hydrogens is 486 g/mol. The largest absolute Gasteiger partial charge is 0.351 e. The van der Waals surface area contributed by atoms with E-state index in [1.165, 1.54) is 17.5 Å². The second-order valence-electron chi connectivity index (χ2n) is 11.1. The summed E-state index contributed by atoms with van der Waals surface area (Å²) in [5.41, 5.74) is 2.20. The maximum Gasteiger partial charge on any atom is 0.251 e. The number of likely N-dealkylation sites (tertiary alicyclic amines) is 1. The number of carbonyl (C=O) groups excluding carboxylic acids is 2. The summed E-state index contributed by atoms with van der Waals surface area (Å²) in [6.45, 7) is 6.92. The van der Waals surface area contributed by atoms with Gasteiger partial charge in [0.2, 0.25) is 5.91 Å². The van der Waals surface area contributed by atoms with E-state index in [-0.39, 0.29) is 23.3 Å². The van der Waals surface area contributed by atoms with Crippen molar-refractivity contribution in [3.63, 3.8) is 0 Å². The van der Waals surface area contributed by atoms with Gasteiger partial charge in [0.15, 0.2) is 6.19 Å². The van der Waals surface area contributed by atoms with Gasteiger partial charge in [0, 0.05) is 36.2 Å². The van der Waals surface area contributed by atoms with E-state index in [1.807, 2.05) is 24.3 Å². The fourth-order valence-electron chi connectivity index (χ4n) is 5.35. The van der Waals surface area contributed by atoms with E-state index in [2.05, 4.69) is 37.3 Å². The SMILES string of the molecule is CC(C)(C)c1ccc(N(C(=O)[C@H]2CCCN2C#N)C(C(=O)NC2CCCCC2)c2cncc(Cl)c2)cc1. The van der Waals surface area contributed by atoms with Gasteiger partial charge in [-0.05, 0) is 54.9 Å². The number of nitriles is 1. The standard InChI is InChI=1S/C29H36ClN5O2/c1-29(2,3)21-11-13-24(14-12-21)35(28(37)25-10-7-15-34(25)19-31)26(20-16-22(30)18-32-17-20)27(36)33-23-8-5-4-6-9-23/h11-14,16-18,23,25-26H,4-10,15H2,1-3H3,(H,33,36)/t25-,26?/m1/s1. The molecule has 0 spiro atoms. The summed E-state index contributed by atoms with van der Waals surface area (Å²) < 4.78 is 0. The first kappa shape index (κ1) is 26.9. The summed E-state index contributed by atoms with van der Waals surface area (Å²) in [5, 5.41) is 13.3. The third kappa shape index (κ3) is 6.24. The van der Waals surface area contributed by atoms with E-state index < -0.39 is 12.1 Å². The van der Waals surface area contributed by atoms with E-state index in [9.17, 15) is 14.9 Å². The van der Waals surface area contributed by atoms with Crippen molar-refractivity contribution in [1.82, 2.24) is 15.2 Å². The van der Waals surface area contributed by atoms with Gasteiger partial charge in [-0.25, -0.2) is 0 Å². The lowest BCUT2D eigenvalue weighted by molar-refractivity contribution is -0.128. The van der Waals surface area contributed by atoms with Gasteiger partial charge in [-0.1, -0.05) is 63.8 Å². The Kier molecular flexibility index (Phi) is 8.39. The van der Waals surface area contributed by atoms with Crippen LogP contribution in [-0.2, 0) is 15.0 Å². The molecule has 1 N–H and O–H groups in total. The zero-order valence-electron chi connectivity index (χ0n) is 21.9. The molecule has 7 nitrogen and oxygen atoms in total. The molecule has 2 aromatic rings. The van der Waals surface area contributed by atoms with Crippen molar-refractivity contribution in [3.05, 3.63) is 58.9 Å². The Hall–Kier alpha value is -3.11. The molecular formula is C29H36ClN5O2. The maximum atomic E-state index is 14.2. The number of aromatic nitrogens is 1. The monoisotopic (exact) mass is 521 g/mol. The average Bonchev–Trinajstić information content (AvgIpc) is 3.36. The van der Waals surface area contributed by atoms with Crippen molar-refractivity contribution >= 4 is 29.1 Å². The number of hydrogen-bond donors (Lipinski definition) is 1. The molecule has 1 aromatic heterocycles. The van der Waals surface area contributed by atoms with Crippen LogP contribution in [0.25, 0.3) is 0 Å². The number of rotatable bonds is 6. The Bertz CT molecular complexity index is 1150. The molecule has 1 aromatic carbocycles. The minimum Gasteiger partial charge on any atom is -0.351 e. The Labute approximate surface area is 224 Å². The molecule has 2 aliphatic rings. The van der Waals surface area contributed by atoms with E-state index in [0.717, 1.165) is 37.7 Å². The first-order valence-corrected chi connectivity index (χ1v) is 13.6. The quantitative estimate of drug-likeness (QED) is 0.507. The van der Waals surface area contributed by atoms with Crippen molar-refractivity contribution in [2.24, 2.45) is 0 Å². The van der Waals surface area contributed by atoms with Crippen LogP contribution in [-0.4, -0.2) is 40.3 Å². The van der Waals surface area contributed by atoms with Gasteiger partial charge < -0.3 is 5.32 Å². The van der Waals surface area contributed by atoms with Crippen LogP contribution >= 0.6 is 11.6 Å². The Morgan fingerprint density at radius 1 is 1.11 bits per heavy atom. The van der Waals surface area contributed by atoms with E-state index in [1.54, 1.807) is 17.2 Å². The van der Waals surface area contributed by atoms with Gasteiger partial charge in [0.1, 0.15) is 12.1 Å². The number of nitrogens with one attached hydrogen (secondary N) is 1. The van der Waals surface area contributed by atoms with Crippen LogP contribution in [0.3, 0.4) is 0 Å². The lowest BCUT2D eigenvalue weighted by Gasteiger charge is -2.36. The topological polar surface area (TPSA) is 89.3 Å². The molecule has 2 fully saturated rings. The van der Waals surface area contributed by atoms with Crippen LogP contribution in [0.15, 0.2) is 42.7 Å². The lowest BCUT2D eigenvalue weighted by Crippen LogP contribution is -2.51. The number of anilines is 1. The summed E-state index contributed by atoms with van der Waals surface area (Å²) in [6, 6.07) is 7.95. The number of carbonyl (C=O) groups is 2. The maximum absolute atomic E-state index is 14.2. The van der Waals surface area contributed by atoms with Crippen molar-refractivity contribution in [3.8, 4) is 6.19 Å². The Morgan fingerprint density at radius 2 is 1.81 bits per heavy atom. The van der Waals surface area contributed by atoms with E-state index in [0.29, 0.717) is 29.2 Å². The second kappa shape index (κ2) is 11.5. The van der Waals surface area contributed by atoms with Crippen LogP contribution in [0.4, 0.5) is 5.69 Å². The minimum atomic E-state index is -0.970. The number of nitrogens with zero attached hydrogens (tertiary/aromatic N) is 4. The predicted molar refractivity (Wildman–Crippen MR) is 145 cm³/mol. The fourth-order valence-corrected chi connectivity index (χ4v) is 5.53. The third-order valence-corrected chi connectivity index (χ3v) is 7.62. The first-order chi connectivity index (χ1) is 17.7. The van der Waals surface area contributed by atoms with Crippen LogP contribution in [0, 0.1) is 11.5 Å². The molecule has 1 saturated carbocycles. The highest BCUT2D eigenvalue weighted by atomic mass is 35.5. The smallest absolute Gasteiger partial charge is 0.251 e. The minimum absolute atomic E-state index is 0.0644. The molecule has 2 heterocycles. The van der Waals surface area contributed by atoms with Gasteiger partial charge in [-0.3, -0.25) is 24.4 Å². The number of benzene rings is 1. The molecule has 37 heavy (non-hydrogen) atoms. The lowest BCUT2D eigenvalue weighted by atomic mass is 9.87. The van der Waals surface area contributed by atoms with E-state index in [4.69, 9.17) is 11.6 Å². The molecule has 1 aliphatic carbocycles. The Balaban J connectivity index is 1.80. The average molecular weight is 522 g/mol. The number of amides is 2. The fraction of sp³-hybridized carbons (Fsp3) is 0.517. The van der Waals surface area contributed by atoms with Gasteiger partial charge in [0.25, 0.3) is 5.91 Å². The van der Waals surface area contributed by atoms with Gasteiger partial charge in [-0.2, -0.15) is 5.26 Å². The summed E-state index contributed by atoms with van der Waals surface area (Å²) in [6.07, 6.45) is 11.7. The molecule has 1 aliphatic heterocycles. The number of pyridine rings is 1. The van der Waals surface area contributed by atoms with E-state index >= 15 is 0 Å². The van der Waals surface area contributed by atoms with Crippen LogP contribution in [0.2, 0.25) is 5.02 Å². The summed E-state index contributed by atoms with van der Waals surface area (Å²) in [7, 11) is 0. The van der Waals surface area contributed by atoms with Gasteiger partial charge in [-0.15, -0.1) is 0 Å². The highest BCUT2D eigenvalue weighted by Crippen LogP contribution is 2.34. The summed E-state index contributed by atoms with van der Waals surface area (Å²) in [5.74, 6) is -0.531. The van der Waals surface area contributed by atoms with Crippen LogP contribution < -0.4 is 10.2 Å². The summed E-state index contributed by atoms with van der Waals surface area (Å²) >= 11 is 6.31. The highest BCUT2D eigenvalue weighted by Gasteiger charge is 2.41. The van der Waals surface area contributed by atoms with Crippen molar-refractivity contribution in [2.75, 3.05) is 11.4 Å². The van der Waals surface area contributed by atoms with Crippen LogP contribution in [0.5, 0.6) is 0 Å². The zero-order valence-corrected chi connectivity index (χ0v) is 22.7. The normalized spacial score (nSPS) is 19.2. The highest BCUT2D eigenvalue weighted by molar-refractivity contribution is 6.30. The molecule has 1 unspecified atom stereocenters. The number of hydrogen-bond acceptors (Lipinski definition) is 5. The predicted octanol–water partition coefficient (Wildman–Crippen LogP) is 5.50. The van der Waals surface area contributed by atoms with Crippen molar-refractivity contribution < 1.29 is 9.59 Å². The molecule has 2 amide bonds. The first-order valence-electron chi connectivity index (χ1n) is 13.2. The molecule has 8 heteroatoms. The molecule has 4 rings (SSSR count). The molecule has 0 bridgehead atoms. The van der Waals surface area contributed by atoms with Gasteiger partial charge in [0.05, 0.1) is 5.02 Å².